The molecule has 0 radical (unpaired) electrons. The highest BCUT2D eigenvalue weighted by molar-refractivity contribution is 6.30. The number of rotatable bonds is 6. The van der Waals surface area contributed by atoms with Gasteiger partial charge >= 0.3 is 6.18 Å². The van der Waals surface area contributed by atoms with Gasteiger partial charge in [0.05, 0.1) is 17.1 Å². The Morgan fingerprint density at radius 2 is 1.87 bits per heavy atom. The molecule has 0 spiro atoms. The summed E-state index contributed by atoms with van der Waals surface area (Å²) in [5, 5.41) is 3.22. The molecule has 0 bridgehead atoms. The van der Waals surface area contributed by atoms with E-state index < -0.39 is 23.8 Å². The molecule has 1 aromatic carbocycles. The van der Waals surface area contributed by atoms with Crippen LogP contribution in [0.2, 0.25) is 5.02 Å². The number of aromatic nitrogens is 2. The second-order valence-corrected chi connectivity index (χ2v) is 7.39. The first kappa shape index (κ1) is 23.5. The maximum Gasteiger partial charge on any atom is 0.434 e. The molecular weight excluding hydrogens is 419 g/mol. The number of hydrogen-bond acceptors (Lipinski definition) is 4. The quantitative estimate of drug-likeness (QED) is 0.633. The second-order valence-electron chi connectivity index (χ2n) is 6.95. The van der Waals surface area contributed by atoms with Gasteiger partial charge in [-0.25, -0.2) is 4.98 Å². The highest BCUT2D eigenvalue weighted by Crippen LogP contribution is 2.29. The Bertz CT molecular complexity index is 962. The Morgan fingerprint density at radius 1 is 1.27 bits per heavy atom. The van der Waals surface area contributed by atoms with Crippen molar-refractivity contribution < 1.29 is 18.0 Å². The van der Waals surface area contributed by atoms with E-state index in [9.17, 15) is 18.0 Å². The highest BCUT2D eigenvalue weighted by atomic mass is 35.5. The van der Waals surface area contributed by atoms with Crippen LogP contribution in [0.4, 0.5) is 18.9 Å². The van der Waals surface area contributed by atoms with Gasteiger partial charge in [-0.3, -0.25) is 9.79 Å². The van der Waals surface area contributed by atoms with Crippen molar-refractivity contribution in [3.05, 3.63) is 58.9 Å². The van der Waals surface area contributed by atoms with E-state index in [0.717, 1.165) is 10.8 Å². The maximum absolute atomic E-state index is 12.9. The number of alkyl halides is 3. The fourth-order valence-electron chi connectivity index (χ4n) is 2.72. The van der Waals surface area contributed by atoms with Gasteiger partial charge in [0.2, 0.25) is 5.91 Å². The smallest absolute Gasteiger partial charge is 0.403 e. The summed E-state index contributed by atoms with van der Waals surface area (Å²) in [5.74, 6) is -0.578. The number of carbonyl (C=O) groups excluding carboxylic acids is 1. The van der Waals surface area contributed by atoms with Crippen LogP contribution in [0.15, 0.2) is 47.4 Å². The van der Waals surface area contributed by atoms with Crippen molar-refractivity contribution in [1.29, 1.82) is 0 Å². The predicted molar refractivity (Wildman–Crippen MR) is 110 cm³/mol. The van der Waals surface area contributed by atoms with Crippen LogP contribution in [0.3, 0.4) is 0 Å². The van der Waals surface area contributed by atoms with E-state index in [1.54, 1.807) is 24.3 Å². The largest absolute Gasteiger partial charge is 0.434 e. The van der Waals surface area contributed by atoms with Crippen LogP contribution in [0.5, 0.6) is 0 Å². The number of benzene rings is 1. The van der Waals surface area contributed by atoms with Gasteiger partial charge in [-0.05, 0) is 44.0 Å². The molecule has 1 atom stereocenters. The summed E-state index contributed by atoms with van der Waals surface area (Å²) in [5.41, 5.74) is 6.06. The zero-order chi connectivity index (χ0) is 22.6. The Morgan fingerprint density at radius 3 is 2.33 bits per heavy atom. The zero-order valence-electron chi connectivity index (χ0n) is 17.0. The number of amides is 1. The van der Waals surface area contributed by atoms with E-state index in [1.165, 1.54) is 20.0 Å². The molecule has 0 saturated carbocycles. The molecule has 0 saturated heterocycles. The number of hydrogen-bond donors (Lipinski definition) is 2. The third kappa shape index (κ3) is 5.63. The second kappa shape index (κ2) is 9.34. The normalized spacial score (nSPS) is 14.2. The van der Waals surface area contributed by atoms with Gasteiger partial charge < -0.3 is 15.6 Å². The lowest BCUT2D eigenvalue weighted by Crippen LogP contribution is -2.35. The lowest BCUT2D eigenvalue weighted by molar-refractivity contribution is -0.141. The Kier molecular flexibility index (Phi) is 7.30. The summed E-state index contributed by atoms with van der Waals surface area (Å²) in [6, 6.07) is 5.86. The van der Waals surface area contributed by atoms with Crippen molar-refractivity contribution in [2.45, 2.75) is 39.9 Å². The molecule has 1 aromatic heterocycles. The first-order valence-electron chi connectivity index (χ1n) is 9.14. The average molecular weight is 442 g/mol. The minimum Gasteiger partial charge on any atom is -0.403 e. The van der Waals surface area contributed by atoms with Crippen molar-refractivity contribution >= 4 is 28.9 Å². The molecule has 0 unspecified atom stereocenters. The van der Waals surface area contributed by atoms with Crippen LogP contribution in [-0.2, 0) is 11.0 Å². The fraction of sp³-hybridized carbons (Fsp3) is 0.350. The molecule has 3 N–H and O–H groups in total. The molecule has 0 aliphatic rings. The molecule has 162 valence electrons. The van der Waals surface area contributed by atoms with Crippen LogP contribution in [0.1, 0.15) is 38.3 Å². The van der Waals surface area contributed by atoms with Gasteiger partial charge in [-0.2, -0.15) is 13.2 Å². The van der Waals surface area contributed by atoms with E-state index in [2.05, 4.69) is 15.3 Å². The van der Waals surface area contributed by atoms with E-state index in [4.69, 9.17) is 17.3 Å². The molecule has 6 nitrogen and oxygen atoms in total. The van der Waals surface area contributed by atoms with Crippen LogP contribution in [-0.4, -0.2) is 21.2 Å². The van der Waals surface area contributed by atoms with E-state index >= 15 is 0 Å². The number of allylic oxidation sites excluding steroid dienone is 1. The number of carbonyl (C=O) groups is 1. The molecular formula is C20H23ClF3N5O. The lowest BCUT2D eigenvalue weighted by atomic mass is 10.0. The third-order valence-electron chi connectivity index (χ3n) is 4.33. The first-order valence-corrected chi connectivity index (χ1v) is 9.51. The van der Waals surface area contributed by atoms with Crippen molar-refractivity contribution in [1.82, 2.24) is 14.9 Å². The van der Waals surface area contributed by atoms with Crippen LogP contribution < -0.4 is 11.1 Å². The topological polar surface area (TPSA) is 85.3 Å². The van der Waals surface area contributed by atoms with Crippen LogP contribution >= 0.6 is 11.6 Å². The van der Waals surface area contributed by atoms with Gasteiger partial charge in [0.15, 0.2) is 5.69 Å². The molecule has 0 fully saturated rings. The Balaban J connectivity index is 2.28. The fourth-order valence-corrected chi connectivity index (χ4v) is 2.85. The molecule has 2 aromatic rings. The van der Waals surface area contributed by atoms with Gasteiger partial charge in [0.25, 0.3) is 0 Å². The Hall–Kier alpha value is -2.81. The standard InChI is InChI=1S/C20H23ClF3N5O/c1-11(2)18(27-15-7-5-14(21)6-8-15)16(9-25)28-19(30)12(3)29-10-17(20(22,23)24)26-13(29)4/h5-12H,25H2,1-4H3,(H,28,30)/t12-/m0/s1. The first-order chi connectivity index (χ1) is 13.9. The lowest BCUT2D eigenvalue weighted by Gasteiger charge is -2.19. The van der Waals surface area contributed by atoms with Gasteiger partial charge in [-0.15, -0.1) is 0 Å². The number of nitrogens with two attached hydrogens (primary N) is 1. The summed E-state index contributed by atoms with van der Waals surface area (Å²) in [6.07, 6.45) is -2.57. The maximum atomic E-state index is 12.9. The average Bonchev–Trinajstić information content (AvgIpc) is 3.07. The van der Waals surface area contributed by atoms with Crippen molar-refractivity contribution in [3.8, 4) is 0 Å². The minimum atomic E-state index is -4.59. The summed E-state index contributed by atoms with van der Waals surface area (Å²) in [6.45, 7) is 6.64. The molecule has 0 aliphatic heterocycles. The van der Waals surface area contributed by atoms with Crippen molar-refractivity contribution in [2.75, 3.05) is 0 Å². The number of halogens is 4. The van der Waals surface area contributed by atoms with Crippen LogP contribution in [0, 0.1) is 12.8 Å². The van der Waals surface area contributed by atoms with E-state index in [1.807, 2.05) is 13.8 Å². The highest BCUT2D eigenvalue weighted by Gasteiger charge is 2.35. The summed E-state index contributed by atoms with van der Waals surface area (Å²) >= 11 is 5.89. The van der Waals surface area contributed by atoms with Crippen molar-refractivity contribution in [2.24, 2.45) is 16.6 Å². The molecule has 1 heterocycles. The molecule has 0 aliphatic carbocycles. The van der Waals surface area contributed by atoms with Gasteiger partial charge in [0.1, 0.15) is 11.9 Å². The molecule has 1 amide bonds. The zero-order valence-corrected chi connectivity index (χ0v) is 17.7. The summed E-state index contributed by atoms with van der Waals surface area (Å²) in [4.78, 5) is 20.8. The van der Waals surface area contributed by atoms with Gasteiger partial charge in [-0.1, -0.05) is 25.4 Å². The van der Waals surface area contributed by atoms with Crippen LogP contribution in [0.25, 0.3) is 0 Å². The van der Waals surface area contributed by atoms with Gasteiger partial charge in [0, 0.05) is 17.4 Å². The summed E-state index contributed by atoms with van der Waals surface area (Å²) in [7, 11) is 0. The van der Waals surface area contributed by atoms with Crippen molar-refractivity contribution in [3.63, 3.8) is 0 Å². The van der Waals surface area contributed by atoms with E-state index in [-0.39, 0.29) is 17.4 Å². The minimum absolute atomic E-state index is 0.0715. The van der Waals surface area contributed by atoms with E-state index in [0.29, 0.717) is 16.4 Å². The SMILES string of the molecule is Cc1nc(C(F)(F)F)cn1[C@@H](C)C(=O)NC(=CN)C(=Nc1ccc(Cl)cc1)C(C)C. The molecule has 2 rings (SSSR count). The molecule has 30 heavy (non-hydrogen) atoms. The third-order valence-corrected chi connectivity index (χ3v) is 4.58. The number of imidazole rings is 1. The Labute approximate surface area is 177 Å². The number of nitrogens with one attached hydrogen (secondary N) is 1. The monoisotopic (exact) mass is 441 g/mol. The number of nitrogens with zero attached hydrogens (tertiary/aromatic N) is 3. The summed E-state index contributed by atoms with van der Waals surface area (Å²) < 4.78 is 39.9. The molecule has 10 heteroatoms. The number of aryl methyl sites for hydroxylation is 1. The predicted octanol–water partition coefficient (Wildman–Crippen LogP) is 4.77. The number of aliphatic imine (C=N–C) groups is 1.